The van der Waals surface area contributed by atoms with Crippen LogP contribution >= 0.6 is 0 Å². The van der Waals surface area contributed by atoms with Crippen molar-refractivity contribution in [2.45, 2.75) is 25.8 Å². The summed E-state index contributed by atoms with van der Waals surface area (Å²) in [5.74, 6) is 2.12. The summed E-state index contributed by atoms with van der Waals surface area (Å²) >= 11 is 0. The van der Waals surface area contributed by atoms with Crippen molar-refractivity contribution >= 4 is 29.0 Å². The Balaban J connectivity index is 1.26. The molecule has 3 N–H and O–H groups in total. The van der Waals surface area contributed by atoms with Crippen LogP contribution in [0.3, 0.4) is 0 Å². The molecule has 0 spiro atoms. The summed E-state index contributed by atoms with van der Waals surface area (Å²) in [4.78, 5) is 26.3. The predicted molar refractivity (Wildman–Crippen MR) is 138 cm³/mol. The third-order valence-electron chi connectivity index (χ3n) is 5.75. The van der Waals surface area contributed by atoms with Crippen molar-refractivity contribution in [2.75, 3.05) is 35.7 Å². The first-order valence-corrected chi connectivity index (χ1v) is 11.7. The molecule has 0 aromatic heterocycles. The third-order valence-corrected chi connectivity index (χ3v) is 5.75. The fourth-order valence-corrected chi connectivity index (χ4v) is 3.90. The molecule has 8 nitrogen and oxygen atoms in total. The van der Waals surface area contributed by atoms with E-state index in [2.05, 4.69) is 20.9 Å². The highest BCUT2D eigenvalue weighted by molar-refractivity contribution is 5.99. The molecule has 3 aromatic carbocycles. The molecule has 0 radical (unpaired) electrons. The van der Waals surface area contributed by atoms with Gasteiger partial charge < -0.3 is 30.3 Å². The monoisotopic (exact) mass is 474 g/mol. The molecular formula is C27H30N4O4. The Labute approximate surface area is 205 Å². The SMILES string of the molecule is CCC(=O)NC1CCN(c2ccc(NC(=O)Nc3ccc(Oc4cccc(OC)c4)cc3)cc2)C1. The number of nitrogens with one attached hydrogen (secondary N) is 3. The molecule has 1 aliphatic heterocycles. The van der Waals surface area contributed by atoms with Gasteiger partial charge in [0.2, 0.25) is 5.91 Å². The van der Waals surface area contributed by atoms with Gasteiger partial charge in [-0.2, -0.15) is 0 Å². The molecule has 1 aliphatic rings. The molecule has 1 unspecified atom stereocenters. The van der Waals surface area contributed by atoms with Crippen LogP contribution in [0.4, 0.5) is 21.9 Å². The van der Waals surface area contributed by atoms with E-state index in [4.69, 9.17) is 9.47 Å². The number of hydrogen-bond donors (Lipinski definition) is 3. The number of carbonyl (C=O) groups excluding carboxylic acids is 2. The fourth-order valence-electron chi connectivity index (χ4n) is 3.90. The molecule has 0 saturated carbocycles. The normalized spacial score (nSPS) is 14.8. The average molecular weight is 475 g/mol. The summed E-state index contributed by atoms with van der Waals surface area (Å²) in [7, 11) is 1.61. The molecule has 0 bridgehead atoms. The van der Waals surface area contributed by atoms with Crippen molar-refractivity contribution in [3.63, 3.8) is 0 Å². The first kappa shape index (κ1) is 23.9. The summed E-state index contributed by atoms with van der Waals surface area (Å²) in [5, 5.41) is 8.72. The van der Waals surface area contributed by atoms with E-state index in [0.29, 0.717) is 29.3 Å². The minimum absolute atomic E-state index is 0.0847. The van der Waals surface area contributed by atoms with E-state index in [1.807, 2.05) is 49.4 Å². The number of ether oxygens (including phenoxy) is 2. The Morgan fingerprint density at radius 1 is 0.914 bits per heavy atom. The van der Waals surface area contributed by atoms with Crippen LogP contribution in [-0.2, 0) is 4.79 Å². The van der Waals surface area contributed by atoms with Crippen molar-refractivity contribution in [2.24, 2.45) is 0 Å². The minimum atomic E-state index is -0.331. The minimum Gasteiger partial charge on any atom is -0.497 e. The number of urea groups is 1. The van der Waals surface area contributed by atoms with Gasteiger partial charge in [-0.1, -0.05) is 13.0 Å². The van der Waals surface area contributed by atoms with Crippen molar-refractivity contribution in [1.82, 2.24) is 5.32 Å². The lowest BCUT2D eigenvalue weighted by molar-refractivity contribution is -0.121. The van der Waals surface area contributed by atoms with Crippen molar-refractivity contribution in [3.05, 3.63) is 72.8 Å². The quantitative estimate of drug-likeness (QED) is 0.415. The molecule has 1 fully saturated rings. The fraction of sp³-hybridized carbons (Fsp3) is 0.259. The molecule has 182 valence electrons. The lowest BCUT2D eigenvalue weighted by Crippen LogP contribution is -2.36. The highest BCUT2D eigenvalue weighted by atomic mass is 16.5. The number of methoxy groups -OCH3 is 1. The molecule has 8 heteroatoms. The van der Waals surface area contributed by atoms with E-state index in [1.54, 1.807) is 37.4 Å². The summed E-state index contributed by atoms with van der Waals surface area (Å²) < 4.78 is 11.0. The van der Waals surface area contributed by atoms with E-state index in [9.17, 15) is 9.59 Å². The molecule has 35 heavy (non-hydrogen) atoms. The van der Waals surface area contributed by atoms with Crippen LogP contribution in [0.25, 0.3) is 0 Å². The molecule has 1 heterocycles. The Morgan fingerprint density at radius 3 is 2.23 bits per heavy atom. The van der Waals surface area contributed by atoms with Gasteiger partial charge in [-0.3, -0.25) is 4.79 Å². The number of amides is 3. The lowest BCUT2D eigenvalue weighted by Gasteiger charge is -2.19. The zero-order valence-electron chi connectivity index (χ0n) is 19.9. The smallest absolute Gasteiger partial charge is 0.323 e. The van der Waals surface area contributed by atoms with Gasteiger partial charge in [0.05, 0.1) is 7.11 Å². The van der Waals surface area contributed by atoms with Crippen LogP contribution in [0.1, 0.15) is 19.8 Å². The van der Waals surface area contributed by atoms with E-state index in [1.165, 1.54) is 0 Å². The lowest BCUT2D eigenvalue weighted by atomic mass is 10.2. The van der Waals surface area contributed by atoms with E-state index in [-0.39, 0.29) is 18.0 Å². The zero-order chi connectivity index (χ0) is 24.6. The maximum atomic E-state index is 12.4. The Hall–Kier alpha value is -4.20. The van der Waals surface area contributed by atoms with Crippen LogP contribution in [0.15, 0.2) is 72.8 Å². The highest BCUT2D eigenvalue weighted by Crippen LogP contribution is 2.26. The number of rotatable bonds is 8. The molecule has 0 aliphatic carbocycles. The van der Waals surface area contributed by atoms with Gasteiger partial charge in [-0.05, 0) is 67.1 Å². The van der Waals surface area contributed by atoms with Gasteiger partial charge in [0.1, 0.15) is 17.2 Å². The summed E-state index contributed by atoms with van der Waals surface area (Å²) in [6.07, 6.45) is 1.43. The summed E-state index contributed by atoms with van der Waals surface area (Å²) in [6, 6.07) is 22.0. The third kappa shape index (κ3) is 6.66. The van der Waals surface area contributed by atoms with Crippen molar-refractivity contribution < 1.29 is 19.1 Å². The summed E-state index contributed by atoms with van der Waals surface area (Å²) in [6.45, 7) is 3.53. The van der Waals surface area contributed by atoms with Crippen LogP contribution in [-0.4, -0.2) is 38.2 Å². The van der Waals surface area contributed by atoms with Gasteiger partial charge in [-0.25, -0.2) is 4.79 Å². The van der Waals surface area contributed by atoms with Crippen LogP contribution in [0.5, 0.6) is 17.2 Å². The van der Waals surface area contributed by atoms with Crippen LogP contribution in [0.2, 0.25) is 0 Å². The number of nitrogens with zero attached hydrogens (tertiary/aromatic N) is 1. The Bertz CT molecular complexity index is 1150. The van der Waals surface area contributed by atoms with Crippen molar-refractivity contribution in [1.29, 1.82) is 0 Å². The van der Waals surface area contributed by atoms with Crippen LogP contribution < -0.4 is 30.3 Å². The number of carbonyl (C=O) groups is 2. The molecule has 1 atom stereocenters. The van der Waals surface area contributed by atoms with Crippen molar-refractivity contribution in [3.8, 4) is 17.2 Å². The van der Waals surface area contributed by atoms with Gasteiger partial charge in [-0.15, -0.1) is 0 Å². The Kier molecular flexibility index (Phi) is 7.72. The number of anilines is 3. The molecule has 1 saturated heterocycles. The maximum Gasteiger partial charge on any atom is 0.323 e. The average Bonchev–Trinajstić information content (AvgIpc) is 3.34. The van der Waals surface area contributed by atoms with Gasteiger partial charge in [0, 0.05) is 48.7 Å². The predicted octanol–water partition coefficient (Wildman–Crippen LogP) is 5.24. The first-order valence-electron chi connectivity index (χ1n) is 11.7. The second kappa shape index (κ2) is 11.3. The Morgan fingerprint density at radius 2 is 1.57 bits per heavy atom. The van der Waals surface area contributed by atoms with E-state index >= 15 is 0 Å². The highest BCUT2D eigenvalue weighted by Gasteiger charge is 2.23. The molecule has 3 aromatic rings. The standard InChI is InChI=1S/C27H30N4O4/c1-3-26(32)28-21-15-16-31(18-21)22-11-7-19(8-12-22)29-27(33)30-20-9-13-23(14-10-20)35-25-6-4-5-24(17-25)34-2/h4-14,17,21H,3,15-16,18H2,1-2H3,(H,28,32)(H2,29,30,33). The van der Waals surface area contributed by atoms with E-state index in [0.717, 1.165) is 30.9 Å². The summed E-state index contributed by atoms with van der Waals surface area (Å²) in [5.41, 5.74) is 2.41. The van der Waals surface area contributed by atoms with Gasteiger partial charge in [0.25, 0.3) is 0 Å². The second-order valence-electron chi connectivity index (χ2n) is 8.28. The van der Waals surface area contributed by atoms with E-state index < -0.39 is 0 Å². The topological polar surface area (TPSA) is 91.9 Å². The van der Waals surface area contributed by atoms with Gasteiger partial charge >= 0.3 is 6.03 Å². The number of benzene rings is 3. The molecule has 3 amide bonds. The van der Waals surface area contributed by atoms with Crippen LogP contribution in [0, 0.1) is 0 Å². The number of hydrogen-bond acceptors (Lipinski definition) is 5. The zero-order valence-corrected chi connectivity index (χ0v) is 19.9. The second-order valence-corrected chi connectivity index (χ2v) is 8.28. The molecule has 4 rings (SSSR count). The first-order chi connectivity index (χ1) is 17.0. The van der Waals surface area contributed by atoms with Gasteiger partial charge in [0.15, 0.2) is 0 Å². The maximum absolute atomic E-state index is 12.4. The molecular weight excluding hydrogens is 444 g/mol. The largest absolute Gasteiger partial charge is 0.497 e.